The van der Waals surface area contributed by atoms with Gasteiger partial charge in [0, 0.05) is 20.6 Å². The van der Waals surface area contributed by atoms with Crippen molar-refractivity contribution in [3.8, 4) is 0 Å². The van der Waals surface area contributed by atoms with E-state index in [9.17, 15) is 13.2 Å². The molecule has 116 valence electrons. The summed E-state index contributed by atoms with van der Waals surface area (Å²) in [7, 11) is -0.482. The average Bonchev–Trinajstić information content (AvgIpc) is 2.87. The molecule has 1 amide bonds. The molecule has 1 aliphatic carbocycles. The van der Waals surface area contributed by atoms with Gasteiger partial charge in [-0.1, -0.05) is 18.0 Å². The summed E-state index contributed by atoms with van der Waals surface area (Å²) < 4.78 is 24.3. The Hall–Kier alpha value is -1.35. The number of carbonyl (C=O) groups excluding carboxylic acids is 1. The van der Waals surface area contributed by atoms with Gasteiger partial charge in [-0.25, -0.2) is 12.7 Å². The fourth-order valence-electron chi connectivity index (χ4n) is 2.32. The van der Waals surface area contributed by atoms with Crippen molar-refractivity contribution in [2.24, 2.45) is 16.3 Å². The van der Waals surface area contributed by atoms with Gasteiger partial charge < -0.3 is 16.3 Å². The van der Waals surface area contributed by atoms with Gasteiger partial charge in [-0.2, -0.15) is 0 Å². The Kier molecular flexibility index (Phi) is 5.35. The van der Waals surface area contributed by atoms with E-state index in [4.69, 9.17) is 10.9 Å². The number of sulfonamides is 1. The highest BCUT2D eigenvalue weighted by Crippen LogP contribution is 2.38. The molecule has 0 aromatic heterocycles. The van der Waals surface area contributed by atoms with Crippen molar-refractivity contribution in [2.45, 2.75) is 25.7 Å². The van der Waals surface area contributed by atoms with Crippen LogP contribution in [0, 0.1) is 5.41 Å². The van der Waals surface area contributed by atoms with Gasteiger partial charge >= 0.3 is 0 Å². The third-order valence-electron chi connectivity index (χ3n) is 3.69. The molecule has 0 spiro atoms. The topological polar surface area (TPSA) is 125 Å². The Balaban J connectivity index is 2.66. The molecule has 1 aliphatic rings. The Morgan fingerprint density at radius 2 is 1.95 bits per heavy atom. The van der Waals surface area contributed by atoms with Crippen LogP contribution in [0.15, 0.2) is 5.16 Å². The van der Waals surface area contributed by atoms with Crippen LogP contribution in [-0.4, -0.2) is 56.1 Å². The predicted octanol–water partition coefficient (Wildman–Crippen LogP) is -0.699. The second kappa shape index (κ2) is 6.40. The van der Waals surface area contributed by atoms with E-state index in [2.05, 4.69) is 10.5 Å². The van der Waals surface area contributed by atoms with Gasteiger partial charge in [0.15, 0.2) is 5.84 Å². The van der Waals surface area contributed by atoms with Crippen molar-refractivity contribution >= 4 is 21.8 Å². The third-order valence-corrected chi connectivity index (χ3v) is 5.52. The quantitative estimate of drug-likeness (QED) is 0.259. The average molecular weight is 306 g/mol. The highest BCUT2D eigenvalue weighted by Gasteiger charge is 2.45. The Morgan fingerprint density at radius 3 is 2.40 bits per heavy atom. The maximum Gasteiger partial charge on any atom is 0.233 e. The zero-order valence-electron chi connectivity index (χ0n) is 11.8. The van der Waals surface area contributed by atoms with Crippen molar-refractivity contribution in [3.05, 3.63) is 0 Å². The largest absolute Gasteiger partial charge is 0.409 e. The number of nitrogens with two attached hydrogens (primary N) is 1. The number of hydrogen-bond donors (Lipinski definition) is 3. The van der Waals surface area contributed by atoms with Gasteiger partial charge in [0.05, 0.1) is 5.75 Å². The zero-order chi connectivity index (χ0) is 15.4. The number of amidine groups is 1. The van der Waals surface area contributed by atoms with Gasteiger partial charge in [-0.15, -0.1) is 0 Å². The van der Waals surface area contributed by atoms with Crippen molar-refractivity contribution < 1.29 is 18.4 Å². The van der Waals surface area contributed by atoms with Crippen LogP contribution in [-0.2, 0) is 14.8 Å². The minimum absolute atomic E-state index is 0.000193. The summed E-state index contributed by atoms with van der Waals surface area (Å²) in [4.78, 5) is 12.2. The number of carbonyl (C=O) groups is 1. The lowest BCUT2D eigenvalue weighted by atomic mass is 9.84. The van der Waals surface area contributed by atoms with Crippen LogP contribution < -0.4 is 11.1 Å². The summed E-state index contributed by atoms with van der Waals surface area (Å²) in [5, 5.41) is 14.3. The first-order valence-electron chi connectivity index (χ1n) is 6.43. The molecule has 0 aliphatic heterocycles. The van der Waals surface area contributed by atoms with E-state index >= 15 is 0 Å². The highest BCUT2D eigenvalue weighted by atomic mass is 32.2. The maximum absolute atomic E-state index is 12.2. The molecule has 1 rings (SSSR count). The van der Waals surface area contributed by atoms with Crippen molar-refractivity contribution in [3.63, 3.8) is 0 Å². The summed E-state index contributed by atoms with van der Waals surface area (Å²) in [6, 6.07) is 0. The van der Waals surface area contributed by atoms with Crippen LogP contribution in [0.3, 0.4) is 0 Å². The Bertz CT molecular complexity index is 481. The Labute approximate surface area is 119 Å². The molecule has 0 unspecified atom stereocenters. The molecule has 20 heavy (non-hydrogen) atoms. The molecule has 1 saturated carbocycles. The van der Waals surface area contributed by atoms with E-state index < -0.39 is 15.4 Å². The summed E-state index contributed by atoms with van der Waals surface area (Å²) >= 11 is 0. The van der Waals surface area contributed by atoms with Crippen LogP contribution in [0.5, 0.6) is 0 Å². The van der Waals surface area contributed by atoms with Gasteiger partial charge in [0.1, 0.15) is 5.41 Å². The van der Waals surface area contributed by atoms with Crippen LogP contribution >= 0.6 is 0 Å². The predicted molar refractivity (Wildman–Crippen MR) is 74.8 cm³/mol. The summed E-state index contributed by atoms with van der Waals surface area (Å²) in [5.74, 6) is -0.667. The SMILES string of the molecule is CN(C)S(=O)(=O)CCNC(=O)C1(C(N)=NO)CCCC1. The number of hydrogen-bond acceptors (Lipinski definition) is 5. The van der Waals surface area contributed by atoms with E-state index in [0.717, 1.165) is 17.1 Å². The zero-order valence-corrected chi connectivity index (χ0v) is 12.6. The van der Waals surface area contributed by atoms with E-state index in [1.165, 1.54) is 14.1 Å². The summed E-state index contributed by atoms with van der Waals surface area (Å²) in [6.45, 7) is -0.000193. The standard InChI is InChI=1S/C11H22N4O4S/c1-15(2)20(18,19)8-7-13-10(16)11(9(12)14-17)5-3-4-6-11/h17H,3-8H2,1-2H3,(H2,12,14)(H,13,16). The molecule has 0 aromatic carbocycles. The smallest absolute Gasteiger partial charge is 0.233 e. The minimum atomic E-state index is -3.36. The lowest BCUT2D eigenvalue weighted by molar-refractivity contribution is -0.127. The molecule has 0 radical (unpaired) electrons. The molecule has 8 nitrogen and oxygen atoms in total. The first kappa shape index (κ1) is 16.7. The van der Waals surface area contributed by atoms with Crippen LogP contribution in [0.2, 0.25) is 0 Å². The van der Waals surface area contributed by atoms with Crippen molar-refractivity contribution in [1.82, 2.24) is 9.62 Å². The number of amides is 1. The third kappa shape index (κ3) is 3.40. The molecule has 1 fully saturated rings. The van der Waals surface area contributed by atoms with Crippen molar-refractivity contribution in [2.75, 3.05) is 26.4 Å². The molecule has 0 atom stereocenters. The number of rotatable bonds is 6. The summed E-state index contributed by atoms with van der Waals surface area (Å²) in [5.41, 5.74) is 4.63. The van der Waals surface area contributed by atoms with E-state index in [1.54, 1.807) is 0 Å². The summed E-state index contributed by atoms with van der Waals surface area (Å²) in [6.07, 6.45) is 2.66. The maximum atomic E-state index is 12.2. The minimum Gasteiger partial charge on any atom is -0.409 e. The molecule has 4 N–H and O–H groups in total. The van der Waals surface area contributed by atoms with Crippen LogP contribution in [0.1, 0.15) is 25.7 Å². The normalized spacial score (nSPS) is 19.2. The second-order valence-corrected chi connectivity index (χ2v) is 7.43. The molecule has 0 saturated heterocycles. The van der Waals surface area contributed by atoms with Crippen LogP contribution in [0.25, 0.3) is 0 Å². The molecule has 9 heteroatoms. The van der Waals surface area contributed by atoms with Gasteiger partial charge in [-0.05, 0) is 12.8 Å². The molecular formula is C11H22N4O4S. The van der Waals surface area contributed by atoms with E-state index in [1.807, 2.05) is 0 Å². The fourth-order valence-corrected chi connectivity index (χ4v) is 3.04. The fraction of sp³-hybridized carbons (Fsp3) is 0.818. The first-order chi connectivity index (χ1) is 9.26. The van der Waals surface area contributed by atoms with E-state index in [0.29, 0.717) is 12.8 Å². The molecule has 0 heterocycles. The van der Waals surface area contributed by atoms with E-state index in [-0.39, 0.29) is 24.0 Å². The van der Waals surface area contributed by atoms with Gasteiger partial charge in [-0.3, -0.25) is 4.79 Å². The highest BCUT2D eigenvalue weighted by molar-refractivity contribution is 7.89. The van der Waals surface area contributed by atoms with Gasteiger partial charge in [0.2, 0.25) is 15.9 Å². The lowest BCUT2D eigenvalue weighted by Gasteiger charge is -2.26. The van der Waals surface area contributed by atoms with Crippen LogP contribution in [0.4, 0.5) is 0 Å². The number of oxime groups is 1. The Morgan fingerprint density at radius 1 is 1.40 bits per heavy atom. The molecular weight excluding hydrogens is 284 g/mol. The number of nitrogens with zero attached hydrogens (tertiary/aromatic N) is 2. The van der Waals surface area contributed by atoms with Crippen molar-refractivity contribution in [1.29, 1.82) is 0 Å². The lowest BCUT2D eigenvalue weighted by Crippen LogP contribution is -2.49. The monoisotopic (exact) mass is 306 g/mol. The first-order valence-corrected chi connectivity index (χ1v) is 8.04. The molecule has 0 aromatic rings. The second-order valence-electron chi connectivity index (χ2n) is 5.13. The molecule has 0 bridgehead atoms. The number of nitrogens with one attached hydrogen (secondary N) is 1. The van der Waals surface area contributed by atoms with Gasteiger partial charge in [0.25, 0.3) is 0 Å².